The highest BCUT2D eigenvalue weighted by Gasteiger charge is 2.35. The molecular weight excluding hydrogens is 394 g/mol. The van der Waals surface area contributed by atoms with E-state index in [4.69, 9.17) is 16.3 Å². The summed E-state index contributed by atoms with van der Waals surface area (Å²) >= 11 is 7.06. The lowest BCUT2D eigenvalue weighted by molar-refractivity contribution is -0.384. The summed E-state index contributed by atoms with van der Waals surface area (Å²) in [5, 5.41) is 12.1. The van der Waals surface area contributed by atoms with Crippen LogP contribution in [-0.4, -0.2) is 34.1 Å². The second kappa shape index (κ2) is 8.28. The normalized spacial score (nSPS) is 16.3. The van der Waals surface area contributed by atoms with Gasteiger partial charge in [0.15, 0.2) is 6.61 Å². The molecule has 2 aromatic rings. The van der Waals surface area contributed by atoms with Crippen molar-refractivity contribution in [2.24, 2.45) is 0 Å². The number of nitrogens with zero attached hydrogens (tertiary/aromatic N) is 2. The Kier molecular flexibility index (Phi) is 5.82. The van der Waals surface area contributed by atoms with Crippen molar-refractivity contribution in [1.29, 1.82) is 0 Å². The van der Waals surface area contributed by atoms with E-state index < -0.39 is 16.2 Å². The van der Waals surface area contributed by atoms with Crippen LogP contribution < -0.4 is 10.2 Å². The Labute approximate surface area is 163 Å². The van der Waals surface area contributed by atoms with Crippen molar-refractivity contribution in [1.82, 2.24) is 10.4 Å². The minimum absolute atomic E-state index is 0.0789. The molecule has 27 heavy (non-hydrogen) atoms. The molecule has 1 atom stereocenters. The Bertz CT molecular complexity index is 877. The van der Waals surface area contributed by atoms with E-state index in [2.05, 4.69) is 5.43 Å². The Balaban J connectivity index is 1.65. The maximum absolute atomic E-state index is 12.2. The van der Waals surface area contributed by atoms with E-state index in [1.54, 1.807) is 36.4 Å². The Hall–Kier alpha value is -2.78. The van der Waals surface area contributed by atoms with Crippen molar-refractivity contribution in [3.05, 3.63) is 69.2 Å². The van der Waals surface area contributed by atoms with Crippen molar-refractivity contribution < 1.29 is 19.2 Å². The predicted molar refractivity (Wildman–Crippen MR) is 100 cm³/mol. The van der Waals surface area contributed by atoms with E-state index in [1.807, 2.05) is 0 Å². The molecule has 0 bridgehead atoms. The molecule has 10 heteroatoms. The highest BCUT2D eigenvalue weighted by Crippen LogP contribution is 2.38. The molecule has 0 radical (unpaired) electrons. The van der Waals surface area contributed by atoms with Gasteiger partial charge in [0.2, 0.25) is 0 Å². The Morgan fingerprint density at radius 3 is 2.78 bits per heavy atom. The Morgan fingerprint density at radius 2 is 2.07 bits per heavy atom. The van der Waals surface area contributed by atoms with E-state index >= 15 is 0 Å². The number of ether oxygens (including phenoxy) is 1. The van der Waals surface area contributed by atoms with Crippen LogP contribution in [0.15, 0.2) is 48.5 Å². The third-order valence-corrected chi connectivity index (χ3v) is 5.13. The van der Waals surface area contributed by atoms with Crippen LogP contribution in [0.25, 0.3) is 0 Å². The summed E-state index contributed by atoms with van der Waals surface area (Å²) in [5.41, 5.74) is 2.99. The number of carbonyl (C=O) groups excluding carboxylic acids is 2. The number of nitro benzene ring substituents is 1. The van der Waals surface area contributed by atoms with Gasteiger partial charge in [0, 0.05) is 17.2 Å². The molecule has 1 heterocycles. The number of thioether (sulfide) groups is 1. The second-order valence-electron chi connectivity index (χ2n) is 5.56. The molecule has 0 spiro atoms. The average molecular weight is 408 g/mol. The van der Waals surface area contributed by atoms with Crippen LogP contribution in [0, 0.1) is 10.1 Å². The van der Waals surface area contributed by atoms with Gasteiger partial charge in [0.1, 0.15) is 11.1 Å². The zero-order valence-electron chi connectivity index (χ0n) is 13.8. The van der Waals surface area contributed by atoms with E-state index in [0.717, 1.165) is 0 Å². The minimum atomic E-state index is -0.545. The number of nitrogens with one attached hydrogen (secondary N) is 1. The van der Waals surface area contributed by atoms with Crippen LogP contribution in [0.2, 0.25) is 5.02 Å². The molecule has 1 saturated heterocycles. The summed E-state index contributed by atoms with van der Waals surface area (Å²) in [5.74, 6) is -0.189. The largest absolute Gasteiger partial charge is 0.484 e. The molecule has 1 aliphatic heterocycles. The molecule has 3 rings (SSSR count). The molecule has 1 aliphatic rings. The van der Waals surface area contributed by atoms with Gasteiger partial charge in [-0.2, -0.15) is 0 Å². The number of nitro groups is 1. The first-order valence-electron chi connectivity index (χ1n) is 7.80. The number of carbonyl (C=O) groups is 2. The third kappa shape index (κ3) is 4.69. The highest BCUT2D eigenvalue weighted by atomic mass is 35.5. The van der Waals surface area contributed by atoms with Crippen LogP contribution >= 0.6 is 23.4 Å². The summed E-state index contributed by atoms with van der Waals surface area (Å²) in [6.07, 6.45) is 0. The number of rotatable bonds is 6. The number of hydrogen-bond donors (Lipinski definition) is 1. The molecule has 0 aliphatic carbocycles. The molecule has 1 fully saturated rings. The van der Waals surface area contributed by atoms with Crippen molar-refractivity contribution in [2.75, 3.05) is 12.4 Å². The average Bonchev–Trinajstić information content (AvgIpc) is 3.02. The van der Waals surface area contributed by atoms with E-state index in [-0.39, 0.29) is 24.0 Å². The first-order valence-corrected chi connectivity index (χ1v) is 9.22. The minimum Gasteiger partial charge on any atom is -0.484 e. The van der Waals surface area contributed by atoms with Crippen molar-refractivity contribution in [3.8, 4) is 5.75 Å². The monoisotopic (exact) mass is 407 g/mol. The van der Waals surface area contributed by atoms with Crippen LogP contribution in [0.5, 0.6) is 5.75 Å². The standard InChI is InChI=1S/C17H14ClN3O5S/c18-12-4-6-14(7-5-12)26-9-15(22)19-20-16(23)10-27-17(20)11-2-1-3-13(8-11)21(24)25/h1-8,17H,9-10H2,(H,19,22). The third-order valence-electron chi connectivity index (χ3n) is 3.66. The van der Waals surface area contributed by atoms with Gasteiger partial charge in [-0.25, -0.2) is 5.01 Å². The lowest BCUT2D eigenvalue weighted by Gasteiger charge is -2.24. The number of amides is 2. The summed E-state index contributed by atoms with van der Waals surface area (Å²) in [6, 6.07) is 12.5. The molecule has 1 unspecified atom stereocenters. The van der Waals surface area contributed by atoms with Gasteiger partial charge in [-0.05, 0) is 29.8 Å². The van der Waals surface area contributed by atoms with E-state index in [1.165, 1.54) is 28.9 Å². The fourth-order valence-electron chi connectivity index (χ4n) is 2.43. The molecular formula is C17H14ClN3O5S. The number of halogens is 1. The highest BCUT2D eigenvalue weighted by molar-refractivity contribution is 8.00. The smallest absolute Gasteiger partial charge is 0.276 e. The molecule has 0 aromatic heterocycles. The van der Waals surface area contributed by atoms with E-state index in [0.29, 0.717) is 16.3 Å². The van der Waals surface area contributed by atoms with Crippen LogP contribution in [-0.2, 0) is 9.59 Å². The van der Waals surface area contributed by atoms with Crippen LogP contribution in [0.1, 0.15) is 10.9 Å². The maximum Gasteiger partial charge on any atom is 0.276 e. The predicted octanol–water partition coefficient (Wildman–Crippen LogP) is 2.93. The van der Waals surface area contributed by atoms with Crippen LogP contribution in [0.3, 0.4) is 0 Å². The quantitative estimate of drug-likeness (QED) is 0.583. The number of benzene rings is 2. The fraction of sp³-hybridized carbons (Fsp3) is 0.176. The summed E-state index contributed by atoms with van der Waals surface area (Å²) in [7, 11) is 0. The zero-order valence-corrected chi connectivity index (χ0v) is 15.4. The van der Waals surface area contributed by atoms with Gasteiger partial charge < -0.3 is 4.74 Å². The molecule has 140 valence electrons. The lowest BCUT2D eigenvalue weighted by Crippen LogP contribution is -2.46. The fourth-order valence-corrected chi connectivity index (χ4v) is 3.65. The van der Waals surface area contributed by atoms with Gasteiger partial charge in [0.25, 0.3) is 17.5 Å². The van der Waals surface area contributed by atoms with Gasteiger partial charge in [-0.15, -0.1) is 11.8 Å². The molecule has 2 amide bonds. The van der Waals surface area contributed by atoms with E-state index in [9.17, 15) is 19.7 Å². The van der Waals surface area contributed by atoms with Crippen molar-refractivity contribution in [3.63, 3.8) is 0 Å². The van der Waals surface area contributed by atoms with Gasteiger partial charge in [-0.3, -0.25) is 25.1 Å². The number of hydrazine groups is 1. The molecule has 0 saturated carbocycles. The first kappa shape index (κ1) is 19.0. The summed E-state index contributed by atoms with van der Waals surface area (Å²) in [6.45, 7) is -0.294. The van der Waals surface area contributed by atoms with Gasteiger partial charge >= 0.3 is 0 Å². The zero-order chi connectivity index (χ0) is 19.4. The topological polar surface area (TPSA) is 102 Å². The van der Waals surface area contributed by atoms with Gasteiger partial charge in [0.05, 0.1) is 10.7 Å². The number of hydrogen-bond acceptors (Lipinski definition) is 6. The molecule has 8 nitrogen and oxygen atoms in total. The molecule has 1 N–H and O–H groups in total. The molecule has 2 aromatic carbocycles. The first-order chi connectivity index (χ1) is 12.9. The summed E-state index contributed by atoms with van der Waals surface area (Å²) in [4.78, 5) is 34.7. The number of non-ortho nitro benzene ring substituents is 1. The SMILES string of the molecule is O=C(COc1ccc(Cl)cc1)NN1C(=O)CSC1c1cccc([N+](=O)[O-])c1. The Morgan fingerprint density at radius 1 is 1.33 bits per heavy atom. The van der Waals surface area contributed by atoms with Crippen molar-refractivity contribution in [2.45, 2.75) is 5.37 Å². The maximum atomic E-state index is 12.2. The second-order valence-corrected chi connectivity index (χ2v) is 7.06. The van der Waals surface area contributed by atoms with Crippen LogP contribution in [0.4, 0.5) is 5.69 Å². The van der Waals surface area contributed by atoms with Crippen molar-refractivity contribution >= 4 is 40.9 Å². The summed E-state index contributed by atoms with van der Waals surface area (Å²) < 4.78 is 5.36. The lowest BCUT2D eigenvalue weighted by atomic mass is 10.2. The van der Waals surface area contributed by atoms with Gasteiger partial charge in [-0.1, -0.05) is 23.7 Å².